The van der Waals surface area contributed by atoms with Crippen LogP contribution in [0.15, 0.2) is 0 Å². The van der Waals surface area contributed by atoms with Crippen molar-refractivity contribution < 1.29 is 8.42 Å². The molecule has 0 radical (unpaired) electrons. The first-order valence-corrected chi connectivity index (χ1v) is 6.50. The first kappa shape index (κ1) is 10.9. The Morgan fingerprint density at radius 2 is 2.23 bits per heavy atom. The molecule has 0 saturated carbocycles. The fourth-order valence-electron chi connectivity index (χ4n) is 1.63. The molecule has 0 spiro atoms. The van der Waals surface area contributed by atoms with Crippen LogP contribution in [0.25, 0.3) is 0 Å². The van der Waals surface area contributed by atoms with Gasteiger partial charge in [0, 0.05) is 12.6 Å². The Morgan fingerprint density at radius 3 is 2.69 bits per heavy atom. The molecule has 5 heteroatoms. The molecule has 78 valence electrons. The van der Waals surface area contributed by atoms with E-state index in [1.807, 2.05) is 0 Å². The maximum Gasteiger partial charge on any atom is 0.154 e. The highest BCUT2D eigenvalue weighted by Crippen LogP contribution is 2.13. The highest BCUT2D eigenvalue weighted by molar-refractivity contribution is 7.91. The third-order valence-corrected chi connectivity index (χ3v) is 4.32. The van der Waals surface area contributed by atoms with E-state index in [2.05, 4.69) is 18.7 Å². The van der Waals surface area contributed by atoms with Crippen LogP contribution in [0.4, 0.5) is 0 Å². The fraction of sp³-hybridized carbons (Fsp3) is 1.00. The Balaban J connectivity index is 2.64. The predicted molar refractivity (Wildman–Crippen MR) is 53.1 cm³/mol. The molecule has 2 atom stereocenters. The highest BCUT2D eigenvalue weighted by Gasteiger charge is 2.30. The van der Waals surface area contributed by atoms with E-state index in [1.54, 1.807) is 0 Å². The summed E-state index contributed by atoms with van der Waals surface area (Å²) >= 11 is 0. The lowest BCUT2D eigenvalue weighted by atomic mass is 10.2. The van der Waals surface area contributed by atoms with Crippen LogP contribution in [-0.4, -0.2) is 43.6 Å². The van der Waals surface area contributed by atoms with E-state index < -0.39 is 9.84 Å². The van der Waals surface area contributed by atoms with E-state index in [1.165, 1.54) is 0 Å². The van der Waals surface area contributed by atoms with Gasteiger partial charge in [-0.05, 0) is 13.3 Å². The summed E-state index contributed by atoms with van der Waals surface area (Å²) in [7, 11) is -2.87. The van der Waals surface area contributed by atoms with Crippen molar-refractivity contribution in [3.8, 4) is 0 Å². The Bertz CT molecular complexity index is 263. The molecule has 1 aliphatic heterocycles. The lowest BCUT2D eigenvalue weighted by molar-refractivity contribution is 0.157. The van der Waals surface area contributed by atoms with E-state index in [9.17, 15) is 8.42 Å². The fourth-order valence-corrected chi connectivity index (χ4v) is 3.00. The summed E-state index contributed by atoms with van der Waals surface area (Å²) in [6.07, 6.45) is 0.696. The standard InChI is InChI=1S/C8H18N2O2S/c1-3-7(2)10-4-5-13(11,12)6-8(10)9/h7-8H,3-6,9H2,1-2H3. The largest absolute Gasteiger partial charge is 0.315 e. The first-order valence-electron chi connectivity index (χ1n) is 4.68. The first-order chi connectivity index (χ1) is 5.96. The van der Waals surface area contributed by atoms with E-state index in [0.29, 0.717) is 12.6 Å². The van der Waals surface area contributed by atoms with Gasteiger partial charge < -0.3 is 5.73 Å². The average molecular weight is 206 g/mol. The molecular formula is C8H18N2O2S. The molecule has 0 aromatic carbocycles. The lowest BCUT2D eigenvalue weighted by Crippen LogP contribution is -2.56. The molecular weight excluding hydrogens is 188 g/mol. The molecule has 0 bridgehead atoms. The Kier molecular flexibility index (Phi) is 3.32. The van der Waals surface area contributed by atoms with Crippen molar-refractivity contribution in [1.29, 1.82) is 0 Å². The van der Waals surface area contributed by atoms with Crippen LogP contribution in [0.3, 0.4) is 0 Å². The molecule has 1 fully saturated rings. The Hall–Kier alpha value is -0.130. The number of nitrogens with zero attached hydrogens (tertiary/aromatic N) is 1. The average Bonchev–Trinajstić information content (AvgIpc) is 2.01. The minimum absolute atomic E-state index is 0.108. The lowest BCUT2D eigenvalue weighted by Gasteiger charge is -2.36. The zero-order chi connectivity index (χ0) is 10.1. The molecule has 0 amide bonds. The summed E-state index contributed by atoms with van der Waals surface area (Å²) in [4.78, 5) is 2.07. The molecule has 0 aromatic heterocycles. The summed E-state index contributed by atoms with van der Waals surface area (Å²) in [6, 6.07) is 0.380. The van der Waals surface area contributed by atoms with Crippen LogP contribution < -0.4 is 5.73 Å². The van der Waals surface area contributed by atoms with Crippen molar-refractivity contribution in [3.63, 3.8) is 0 Å². The second-order valence-corrected chi connectivity index (χ2v) is 5.91. The number of hydrogen-bond acceptors (Lipinski definition) is 4. The van der Waals surface area contributed by atoms with Crippen molar-refractivity contribution in [2.24, 2.45) is 5.73 Å². The third kappa shape index (κ3) is 2.65. The van der Waals surface area contributed by atoms with Crippen molar-refractivity contribution in [2.45, 2.75) is 32.5 Å². The molecule has 0 aromatic rings. The minimum Gasteiger partial charge on any atom is -0.315 e. The molecule has 1 saturated heterocycles. The van der Waals surface area contributed by atoms with Gasteiger partial charge in [-0.2, -0.15) is 0 Å². The monoisotopic (exact) mass is 206 g/mol. The van der Waals surface area contributed by atoms with Gasteiger partial charge in [-0.3, -0.25) is 4.90 Å². The van der Waals surface area contributed by atoms with Crippen LogP contribution in [0.2, 0.25) is 0 Å². The second-order valence-electron chi connectivity index (χ2n) is 3.68. The van der Waals surface area contributed by atoms with Gasteiger partial charge in [0.2, 0.25) is 0 Å². The van der Waals surface area contributed by atoms with Gasteiger partial charge in [0.05, 0.1) is 17.7 Å². The molecule has 1 heterocycles. The highest BCUT2D eigenvalue weighted by atomic mass is 32.2. The number of hydrogen-bond donors (Lipinski definition) is 1. The van der Waals surface area contributed by atoms with Crippen LogP contribution in [0, 0.1) is 0 Å². The molecule has 1 rings (SSSR count). The molecule has 2 N–H and O–H groups in total. The van der Waals surface area contributed by atoms with Gasteiger partial charge in [-0.15, -0.1) is 0 Å². The van der Waals surface area contributed by atoms with Crippen LogP contribution >= 0.6 is 0 Å². The normalized spacial score (nSPS) is 31.5. The zero-order valence-corrected chi connectivity index (χ0v) is 9.05. The maximum atomic E-state index is 11.2. The van der Waals surface area contributed by atoms with Crippen LogP contribution in [0.1, 0.15) is 20.3 Å². The van der Waals surface area contributed by atoms with Crippen molar-refractivity contribution in [1.82, 2.24) is 4.90 Å². The van der Waals surface area contributed by atoms with Gasteiger partial charge >= 0.3 is 0 Å². The molecule has 2 unspecified atom stereocenters. The summed E-state index contributed by atoms with van der Waals surface area (Å²) in [5.74, 6) is 0.363. The van der Waals surface area contributed by atoms with Gasteiger partial charge in [-0.1, -0.05) is 6.92 Å². The van der Waals surface area contributed by atoms with Gasteiger partial charge in [0.1, 0.15) is 0 Å². The van der Waals surface area contributed by atoms with Gasteiger partial charge in [0.25, 0.3) is 0 Å². The minimum atomic E-state index is -2.87. The molecule has 0 aliphatic carbocycles. The van der Waals surface area contributed by atoms with Gasteiger partial charge in [0.15, 0.2) is 9.84 Å². The van der Waals surface area contributed by atoms with E-state index in [4.69, 9.17) is 5.73 Å². The summed E-state index contributed by atoms with van der Waals surface area (Å²) in [6.45, 7) is 4.75. The number of nitrogens with two attached hydrogens (primary N) is 1. The van der Waals surface area contributed by atoms with E-state index >= 15 is 0 Å². The Labute approximate surface area is 80.0 Å². The van der Waals surface area contributed by atoms with Crippen molar-refractivity contribution in [2.75, 3.05) is 18.1 Å². The second kappa shape index (κ2) is 3.94. The third-order valence-electron chi connectivity index (χ3n) is 2.67. The topological polar surface area (TPSA) is 63.4 Å². The summed E-state index contributed by atoms with van der Waals surface area (Å²) in [5, 5.41) is 0. The van der Waals surface area contributed by atoms with Crippen molar-refractivity contribution in [3.05, 3.63) is 0 Å². The van der Waals surface area contributed by atoms with Gasteiger partial charge in [-0.25, -0.2) is 8.42 Å². The van der Waals surface area contributed by atoms with E-state index in [0.717, 1.165) is 6.42 Å². The predicted octanol–water partition coefficient (Wildman–Crippen LogP) is -0.200. The number of rotatable bonds is 2. The summed E-state index contributed by atoms with van der Waals surface area (Å²) in [5.41, 5.74) is 5.78. The molecule has 4 nitrogen and oxygen atoms in total. The SMILES string of the molecule is CCC(C)N1CCS(=O)(=O)CC1N. The van der Waals surface area contributed by atoms with Crippen LogP contribution in [-0.2, 0) is 9.84 Å². The molecule has 1 aliphatic rings. The maximum absolute atomic E-state index is 11.2. The van der Waals surface area contributed by atoms with Crippen LogP contribution in [0.5, 0.6) is 0 Å². The zero-order valence-electron chi connectivity index (χ0n) is 8.23. The Morgan fingerprint density at radius 1 is 1.62 bits per heavy atom. The van der Waals surface area contributed by atoms with E-state index in [-0.39, 0.29) is 17.7 Å². The smallest absolute Gasteiger partial charge is 0.154 e. The summed E-state index contributed by atoms with van der Waals surface area (Å²) < 4.78 is 22.4. The number of sulfone groups is 1. The molecule has 13 heavy (non-hydrogen) atoms. The quantitative estimate of drug-likeness (QED) is 0.679. The van der Waals surface area contributed by atoms with Crippen molar-refractivity contribution >= 4 is 9.84 Å².